The van der Waals surface area contributed by atoms with Gasteiger partial charge in [0, 0.05) is 24.7 Å². The van der Waals surface area contributed by atoms with E-state index in [1.54, 1.807) is 6.07 Å². The summed E-state index contributed by atoms with van der Waals surface area (Å²) < 4.78 is 39.4. The molecule has 150 valence electrons. The first-order chi connectivity index (χ1) is 14.0. The van der Waals surface area contributed by atoms with Gasteiger partial charge < -0.3 is 10.2 Å². The van der Waals surface area contributed by atoms with Crippen molar-refractivity contribution >= 4 is 26.4 Å². The smallest absolute Gasteiger partial charge is 0.208 e. The van der Waals surface area contributed by atoms with Crippen molar-refractivity contribution in [2.24, 2.45) is 11.8 Å². The minimum Gasteiger partial charge on any atom is -0.369 e. The van der Waals surface area contributed by atoms with E-state index < -0.39 is 15.7 Å². The quantitative estimate of drug-likeness (QED) is 0.717. The molecule has 7 heteroatoms. The van der Waals surface area contributed by atoms with E-state index in [0.717, 1.165) is 48.8 Å². The average molecular weight is 412 g/mol. The summed E-state index contributed by atoms with van der Waals surface area (Å²) in [5.41, 5.74) is 1.85. The zero-order chi connectivity index (χ0) is 20.0. The van der Waals surface area contributed by atoms with Crippen LogP contribution in [0, 0.1) is 17.7 Å². The molecule has 0 bridgehead atoms. The lowest BCUT2D eigenvalue weighted by Crippen LogP contribution is -2.35. The largest absolute Gasteiger partial charge is 0.369 e. The van der Waals surface area contributed by atoms with Crippen LogP contribution in [0.15, 0.2) is 64.5 Å². The Hall–Kier alpha value is -2.51. The molecule has 2 atom stereocenters. The van der Waals surface area contributed by atoms with Crippen molar-refractivity contribution in [2.45, 2.75) is 16.2 Å². The number of hydrogen-bond donors (Lipinski definition) is 1. The predicted molar refractivity (Wildman–Crippen MR) is 110 cm³/mol. The first-order valence-corrected chi connectivity index (χ1v) is 11.4. The molecule has 2 aliphatic rings. The first-order valence-electron chi connectivity index (χ1n) is 9.87. The molecule has 0 amide bonds. The normalized spacial score (nSPS) is 22.0. The maximum absolute atomic E-state index is 13.5. The highest BCUT2D eigenvalue weighted by Gasteiger charge is 2.35. The molecule has 3 aromatic rings. The fraction of sp³-hybridized carbons (Fsp3) is 0.318. The van der Waals surface area contributed by atoms with E-state index in [9.17, 15) is 12.8 Å². The number of aromatic nitrogens is 1. The second kappa shape index (κ2) is 7.07. The minimum absolute atomic E-state index is 0.0640. The Labute approximate surface area is 169 Å². The second-order valence-corrected chi connectivity index (χ2v) is 9.85. The van der Waals surface area contributed by atoms with Crippen LogP contribution in [0.1, 0.15) is 6.42 Å². The van der Waals surface area contributed by atoms with E-state index in [-0.39, 0.29) is 9.79 Å². The number of piperidine rings is 1. The van der Waals surface area contributed by atoms with Gasteiger partial charge in [0.2, 0.25) is 9.84 Å². The number of para-hydroxylation sites is 1. The van der Waals surface area contributed by atoms with Crippen LogP contribution in [0.5, 0.6) is 0 Å². The summed E-state index contributed by atoms with van der Waals surface area (Å²) >= 11 is 0. The van der Waals surface area contributed by atoms with Crippen molar-refractivity contribution in [3.8, 4) is 0 Å². The Kier molecular flexibility index (Phi) is 4.52. The third-order valence-corrected chi connectivity index (χ3v) is 7.82. The SMILES string of the molecule is O=S(=O)(c1cccc(F)c1)c1cnc2c(N3CC4CCNCC4C3)cccc2c1. The van der Waals surface area contributed by atoms with Crippen LogP contribution >= 0.6 is 0 Å². The summed E-state index contributed by atoms with van der Waals surface area (Å²) in [6.07, 6.45) is 2.58. The molecule has 2 aliphatic heterocycles. The number of benzene rings is 2. The number of halogens is 1. The number of anilines is 1. The number of rotatable bonds is 3. The Morgan fingerprint density at radius 2 is 1.86 bits per heavy atom. The maximum Gasteiger partial charge on any atom is 0.208 e. The van der Waals surface area contributed by atoms with Crippen LogP contribution in [0.25, 0.3) is 10.9 Å². The van der Waals surface area contributed by atoms with E-state index >= 15 is 0 Å². The number of fused-ring (bicyclic) bond motifs is 2. The third-order valence-electron chi connectivity index (χ3n) is 6.10. The number of hydrogen-bond acceptors (Lipinski definition) is 5. The molecule has 29 heavy (non-hydrogen) atoms. The van der Waals surface area contributed by atoms with E-state index in [2.05, 4.69) is 21.3 Å². The van der Waals surface area contributed by atoms with Crippen LogP contribution in [0.4, 0.5) is 10.1 Å². The zero-order valence-corrected chi connectivity index (χ0v) is 16.7. The third kappa shape index (κ3) is 3.28. The van der Waals surface area contributed by atoms with Gasteiger partial charge in [0.25, 0.3) is 0 Å². The van der Waals surface area contributed by atoms with Crippen molar-refractivity contribution in [3.63, 3.8) is 0 Å². The van der Waals surface area contributed by atoms with E-state index in [1.807, 2.05) is 12.1 Å². The van der Waals surface area contributed by atoms with Crippen molar-refractivity contribution in [1.82, 2.24) is 10.3 Å². The predicted octanol–water partition coefficient (Wildman–Crippen LogP) is 3.25. The van der Waals surface area contributed by atoms with Crippen molar-refractivity contribution in [1.29, 1.82) is 0 Å². The summed E-state index contributed by atoms with van der Waals surface area (Å²) in [6, 6.07) is 12.6. The highest BCUT2D eigenvalue weighted by atomic mass is 32.2. The molecule has 0 saturated carbocycles. The van der Waals surface area contributed by atoms with Gasteiger partial charge in [0.05, 0.1) is 21.0 Å². The molecule has 1 N–H and O–H groups in total. The van der Waals surface area contributed by atoms with Gasteiger partial charge in [-0.05, 0) is 61.7 Å². The maximum atomic E-state index is 13.5. The van der Waals surface area contributed by atoms with Gasteiger partial charge in [-0.15, -0.1) is 0 Å². The fourth-order valence-corrected chi connectivity index (χ4v) is 5.84. The lowest BCUT2D eigenvalue weighted by atomic mass is 9.90. The Morgan fingerprint density at radius 1 is 1.03 bits per heavy atom. The molecular weight excluding hydrogens is 389 g/mol. The van der Waals surface area contributed by atoms with Gasteiger partial charge >= 0.3 is 0 Å². The van der Waals surface area contributed by atoms with E-state index in [1.165, 1.54) is 30.8 Å². The molecule has 1 aromatic heterocycles. The van der Waals surface area contributed by atoms with Crippen molar-refractivity contribution in [3.05, 3.63) is 60.5 Å². The fourth-order valence-electron chi connectivity index (χ4n) is 4.57. The first kappa shape index (κ1) is 18.5. The molecular formula is C22H22FN3O2S. The Morgan fingerprint density at radius 3 is 2.69 bits per heavy atom. The van der Waals surface area contributed by atoms with Crippen LogP contribution in [0.2, 0.25) is 0 Å². The zero-order valence-electron chi connectivity index (χ0n) is 15.9. The molecule has 0 radical (unpaired) electrons. The second-order valence-electron chi connectivity index (χ2n) is 7.90. The average Bonchev–Trinajstić information content (AvgIpc) is 3.17. The lowest BCUT2D eigenvalue weighted by molar-refractivity contribution is 0.318. The number of nitrogens with one attached hydrogen (secondary N) is 1. The number of nitrogens with zero attached hydrogens (tertiary/aromatic N) is 2. The summed E-state index contributed by atoms with van der Waals surface area (Å²) in [4.78, 5) is 6.91. The van der Waals surface area contributed by atoms with Gasteiger partial charge in [-0.1, -0.05) is 18.2 Å². The highest BCUT2D eigenvalue weighted by molar-refractivity contribution is 7.91. The molecule has 2 fully saturated rings. The van der Waals surface area contributed by atoms with Gasteiger partial charge in [0.15, 0.2) is 0 Å². The summed E-state index contributed by atoms with van der Waals surface area (Å²) in [6.45, 7) is 4.12. The molecule has 2 unspecified atom stereocenters. The molecule has 0 spiro atoms. The van der Waals surface area contributed by atoms with E-state index in [4.69, 9.17) is 0 Å². The van der Waals surface area contributed by atoms with E-state index in [0.29, 0.717) is 11.8 Å². The van der Waals surface area contributed by atoms with Gasteiger partial charge in [-0.2, -0.15) is 0 Å². The lowest BCUT2D eigenvalue weighted by Gasteiger charge is -2.23. The van der Waals surface area contributed by atoms with Gasteiger partial charge in [0.1, 0.15) is 5.82 Å². The highest BCUT2D eigenvalue weighted by Crippen LogP contribution is 2.35. The van der Waals surface area contributed by atoms with Crippen molar-refractivity contribution < 1.29 is 12.8 Å². The monoisotopic (exact) mass is 411 g/mol. The van der Waals surface area contributed by atoms with Crippen LogP contribution < -0.4 is 10.2 Å². The number of pyridine rings is 1. The summed E-state index contributed by atoms with van der Waals surface area (Å²) in [5, 5.41) is 4.24. The minimum atomic E-state index is -3.83. The van der Waals surface area contributed by atoms with Gasteiger partial charge in [-0.3, -0.25) is 4.98 Å². The molecule has 5 rings (SSSR count). The molecule has 2 aromatic carbocycles. The molecule has 3 heterocycles. The Bertz CT molecular complexity index is 1170. The van der Waals surface area contributed by atoms with Crippen LogP contribution in [0.3, 0.4) is 0 Å². The van der Waals surface area contributed by atoms with Crippen molar-refractivity contribution in [2.75, 3.05) is 31.1 Å². The standard InChI is InChI=1S/C22H22FN3O2S/c23-18-4-2-5-19(10-18)29(27,28)20-9-15-3-1-6-21(22(15)25-12-20)26-13-16-7-8-24-11-17(16)14-26/h1-6,9-10,12,16-17,24H,7-8,11,13-14H2. The van der Waals surface area contributed by atoms with Crippen LogP contribution in [-0.2, 0) is 9.84 Å². The molecule has 0 aliphatic carbocycles. The van der Waals surface area contributed by atoms with Gasteiger partial charge in [-0.25, -0.2) is 12.8 Å². The van der Waals surface area contributed by atoms with Crippen LogP contribution in [-0.4, -0.2) is 39.6 Å². The Balaban J connectivity index is 1.52. The molecule has 5 nitrogen and oxygen atoms in total. The molecule has 2 saturated heterocycles. The topological polar surface area (TPSA) is 62.3 Å². The summed E-state index contributed by atoms with van der Waals surface area (Å²) in [7, 11) is -3.83. The number of sulfone groups is 1. The summed E-state index contributed by atoms with van der Waals surface area (Å²) in [5.74, 6) is 0.762.